The van der Waals surface area contributed by atoms with E-state index in [1.807, 2.05) is 6.92 Å². The number of hydrogen-bond donors (Lipinski definition) is 0. The first-order valence-corrected chi connectivity index (χ1v) is 4.26. The molecule has 0 aliphatic carbocycles. The molecule has 1 heteroatoms. The zero-order chi connectivity index (χ0) is 8.43. The van der Waals surface area contributed by atoms with Crippen LogP contribution < -0.4 is 0 Å². The SMILES string of the molecule is Cc1cccc(C)c1C(C)Cl. The summed E-state index contributed by atoms with van der Waals surface area (Å²) in [7, 11) is 0. The standard InChI is InChI=1S/C10H13Cl/c1-7-5-4-6-8(2)10(7)9(3)11/h4-6,9H,1-3H3. The highest BCUT2D eigenvalue weighted by atomic mass is 35.5. The third-order valence-corrected chi connectivity index (χ3v) is 2.16. The Bertz CT molecular complexity index is 231. The normalized spacial score (nSPS) is 13.1. The molecule has 0 aliphatic rings. The number of aryl methyl sites for hydroxylation is 2. The largest absolute Gasteiger partial charge is 0.118 e. The van der Waals surface area contributed by atoms with E-state index in [-0.39, 0.29) is 5.38 Å². The molecule has 1 atom stereocenters. The smallest absolute Gasteiger partial charge is 0.0562 e. The summed E-state index contributed by atoms with van der Waals surface area (Å²) >= 11 is 6.01. The molecule has 0 spiro atoms. The highest BCUT2D eigenvalue weighted by Crippen LogP contribution is 2.25. The van der Waals surface area contributed by atoms with E-state index in [2.05, 4.69) is 32.0 Å². The molecule has 0 heterocycles. The quantitative estimate of drug-likeness (QED) is 0.562. The number of rotatable bonds is 1. The van der Waals surface area contributed by atoms with Gasteiger partial charge in [-0.15, -0.1) is 11.6 Å². The maximum atomic E-state index is 6.01. The van der Waals surface area contributed by atoms with Crippen molar-refractivity contribution in [1.29, 1.82) is 0 Å². The molecule has 0 saturated carbocycles. The number of benzene rings is 1. The molecule has 11 heavy (non-hydrogen) atoms. The number of alkyl halides is 1. The fourth-order valence-electron chi connectivity index (χ4n) is 1.45. The van der Waals surface area contributed by atoms with E-state index in [0.717, 1.165) is 0 Å². The Labute approximate surface area is 73.2 Å². The van der Waals surface area contributed by atoms with Gasteiger partial charge in [0, 0.05) is 0 Å². The van der Waals surface area contributed by atoms with Gasteiger partial charge in [-0.2, -0.15) is 0 Å². The van der Waals surface area contributed by atoms with Crippen molar-refractivity contribution in [3.05, 3.63) is 34.9 Å². The molecule has 0 amide bonds. The van der Waals surface area contributed by atoms with E-state index in [1.165, 1.54) is 16.7 Å². The van der Waals surface area contributed by atoms with E-state index in [4.69, 9.17) is 11.6 Å². The summed E-state index contributed by atoms with van der Waals surface area (Å²) in [6.45, 7) is 6.21. The Hall–Kier alpha value is -0.490. The molecule has 0 aliphatic heterocycles. The maximum Gasteiger partial charge on any atom is 0.0562 e. The lowest BCUT2D eigenvalue weighted by molar-refractivity contribution is 1.04. The molecule has 1 aromatic rings. The van der Waals surface area contributed by atoms with Crippen molar-refractivity contribution >= 4 is 11.6 Å². The van der Waals surface area contributed by atoms with E-state index in [9.17, 15) is 0 Å². The second-order valence-corrected chi connectivity index (χ2v) is 3.58. The topological polar surface area (TPSA) is 0 Å². The average Bonchev–Trinajstić information content (AvgIpc) is 1.85. The van der Waals surface area contributed by atoms with Crippen LogP contribution in [0, 0.1) is 13.8 Å². The second-order valence-electron chi connectivity index (χ2n) is 2.92. The molecular formula is C10H13Cl. The number of hydrogen-bond acceptors (Lipinski definition) is 0. The monoisotopic (exact) mass is 168 g/mol. The molecule has 0 bridgehead atoms. The summed E-state index contributed by atoms with van der Waals surface area (Å²) in [6, 6.07) is 6.26. The van der Waals surface area contributed by atoms with Gasteiger partial charge in [0.15, 0.2) is 0 Å². The van der Waals surface area contributed by atoms with Crippen LogP contribution in [0.5, 0.6) is 0 Å². The molecule has 1 unspecified atom stereocenters. The maximum absolute atomic E-state index is 6.01. The van der Waals surface area contributed by atoms with Gasteiger partial charge in [-0.25, -0.2) is 0 Å². The minimum atomic E-state index is 0.121. The van der Waals surface area contributed by atoms with Crippen molar-refractivity contribution < 1.29 is 0 Å². The summed E-state index contributed by atoms with van der Waals surface area (Å²) in [4.78, 5) is 0. The number of halogens is 1. The zero-order valence-electron chi connectivity index (χ0n) is 7.19. The highest BCUT2D eigenvalue weighted by Gasteiger charge is 2.06. The molecule has 0 fully saturated rings. The molecule has 0 radical (unpaired) electrons. The van der Waals surface area contributed by atoms with Gasteiger partial charge in [0.25, 0.3) is 0 Å². The summed E-state index contributed by atoms with van der Waals surface area (Å²) in [6.07, 6.45) is 0. The van der Waals surface area contributed by atoms with Crippen LogP contribution in [0.3, 0.4) is 0 Å². The average molecular weight is 169 g/mol. The van der Waals surface area contributed by atoms with Crippen molar-refractivity contribution in [1.82, 2.24) is 0 Å². The van der Waals surface area contributed by atoms with Gasteiger partial charge in [0.05, 0.1) is 5.38 Å². The Morgan fingerprint density at radius 1 is 1.18 bits per heavy atom. The van der Waals surface area contributed by atoms with Crippen LogP contribution in [0.4, 0.5) is 0 Å². The molecule has 0 aromatic heterocycles. The minimum absolute atomic E-state index is 0.121. The van der Waals surface area contributed by atoms with Crippen molar-refractivity contribution in [2.45, 2.75) is 26.1 Å². The lowest BCUT2D eigenvalue weighted by Gasteiger charge is -2.10. The molecule has 0 N–H and O–H groups in total. The van der Waals surface area contributed by atoms with Gasteiger partial charge < -0.3 is 0 Å². The molecule has 1 aromatic carbocycles. The first-order valence-electron chi connectivity index (χ1n) is 3.83. The van der Waals surface area contributed by atoms with Gasteiger partial charge in [-0.3, -0.25) is 0 Å². The predicted molar refractivity (Wildman–Crippen MR) is 50.2 cm³/mol. The second kappa shape index (κ2) is 3.27. The van der Waals surface area contributed by atoms with Crippen molar-refractivity contribution in [3.8, 4) is 0 Å². The fraction of sp³-hybridized carbons (Fsp3) is 0.400. The van der Waals surface area contributed by atoms with Crippen molar-refractivity contribution in [2.75, 3.05) is 0 Å². The van der Waals surface area contributed by atoms with Crippen LogP contribution in [0.1, 0.15) is 29.0 Å². The summed E-state index contributed by atoms with van der Waals surface area (Å²) in [5.74, 6) is 0. The van der Waals surface area contributed by atoms with Crippen LogP contribution in [-0.4, -0.2) is 0 Å². The van der Waals surface area contributed by atoms with Crippen molar-refractivity contribution in [3.63, 3.8) is 0 Å². The van der Waals surface area contributed by atoms with E-state index in [0.29, 0.717) is 0 Å². The zero-order valence-corrected chi connectivity index (χ0v) is 7.94. The molecule has 1 rings (SSSR count). The van der Waals surface area contributed by atoms with E-state index >= 15 is 0 Å². The van der Waals surface area contributed by atoms with Crippen LogP contribution in [0.2, 0.25) is 0 Å². The molecule has 60 valence electrons. The third-order valence-electron chi connectivity index (χ3n) is 1.94. The molecule has 0 nitrogen and oxygen atoms in total. The first kappa shape index (κ1) is 8.61. The summed E-state index contributed by atoms with van der Waals surface area (Å²) < 4.78 is 0. The molecule has 0 saturated heterocycles. The van der Waals surface area contributed by atoms with E-state index < -0.39 is 0 Å². The first-order chi connectivity index (χ1) is 5.13. The van der Waals surface area contributed by atoms with Gasteiger partial charge in [0.1, 0.15) is 0 Å². The van der Waals surface area contributed by atoms with E-state index in [1.54, 1.807) is 0 Å². The van der Waals surface area contributed by atoms with Crippen LogP contribution in [-0.2, 0) is 0 Å². The van der Waals surface area contributed by atoms with Gasteiger partial charge in [-0.05, 0) is 37.5 Å². The summed E-state index contributed by atoms with van der Waals surface area (Å²) in [5.41, 5.74) is 3.84. The van der Waals surface area contributed by atoms with Crippen molar-refractivity contribution in [2.24, 2.45) is 0 Å². The Balaban J connectivity index is 3.21. The molecular weight excluding hydrogens is 156 g/mol. The highest BCUT2D eigenvalue weighted by molar-refractivity contribution is 6.20. The summed E-state index contributed by atoms with van der Waals surface area (Å²) in [5, 5.41) is 0.121. The van der Waals surface area contributed by atoms with Crippen LogP contribution >= 0.6 is 11.6 Å². The minimum Gasteiger partial charge on any atom is -0.118 e. The Morgan fingerprint density at radius 3 is 1.91 bits per heavy atom. The van der Waals surface area contributed by atoms with Gasteiger partial charge in [0.2, 0.25) is 0 Å². The Kier molecular flexibility index (Phi) is 2.56. The fourth-order valence-corrected chi connectivity index (χ4v) is 1.80. The predicted octanol–water partition coefficient (Wildman–Crippen LogP) is 3.60. The van der Waals surface area contributed by atoms with Crippen LogP contribution in [0.25, 0.3) is 0 Å². The third kappa shape index (κ3) is 1.75. The Morgan fingerprint density at radius 2 is 1.64 bits per heavy atom. The van der Waals surface area contributed by atoms with Gasteiger partial charge in [-0.1, -0.05) is 18.2 Å². The lowest BCUT2D eigenvalue weighted by atomic mass is 10.0. The lowest BCUT2D eigenvalue weighted by Crippen LogP contribution is -1.92. The van der Waals surface area contributed by atoms with Crippen LogP contribution in [0.15, 0.2) is 18.2 Å². The van der Waals surface area contributed by atoms with Gasteiger partial charge >= 0.3 is 0 Å².